The van der Waals surface area contributed by atoms with Crippen molar-refractivity contribution in [1.29, 1.82) is 0 Å². The maximum atomic E-state index is 4.51. The van der Waals surface area contributed by atoms with Crippen molar-refractivity contribution in [3.63, 3.8) is 0 Å². The molecule has 0 unspecified atom stereocenters. The van der Waals surface area contributed by atoms with E-state index in [1.165, 1.54) is 5.69 Å². The lowest BCUT2D eigenvalue weighted by Crippen LogP contribution is -2.55. The number of likely N-dealkylation sites (N-methyl/N-ethyl adjacent to an activating group) is 1. The maximum Gasteiger partial charge on any atom is 0.0739 e. The molecule has 0 radical (unpaired) electrons. The molecule has 5 heteroatoms. The number of halogens is 1. The van der Waals surface area contributed by atoms with E-state index in [9.17, 15) is 0 Å². The van der Waals surface area contributed by atoms with Crippen LogP contribution >= 0.6 is 15.9 Å². The summed E-state index contributed by atoms with van der Waals surface area (Å²) in [6.07, 6.45) is 0. The monoisotopic (exact) mass is 286 g/mol. The zero-order valence-electron chi connectivity index (χ0n) is 10.1. The van der Waals surface area contributed by atoms with Gasteiger partial charge in [0.1, 0.15) is 0 Å². The van der Waals surface area contributed by atoms with Crippen molar-refractivity contribution in [2.24, 2.45) is 0 Å². The minimum absolute atomic E-state index is 0.674. The lowest BCUT2D eigenvalue weighted by molar-refractivity contribution is 0.168. The molecule has 0 amide bonds. The van der Waals surface area contributed by atoms with Crippen LogP contribution in [-0.4, -0.2) is 40.9 Å². The van der Waals surface area contributed by atoms with Gasteiger partial charge in [-0.3, -0.25) is 9.58 Å². The number of nitrogens with zero attached hydrogens (tertiary/aromatic N) is 3. The van der Waals surface area contributed by atoms with Crippen molar-refractivity contribution in [2.75, 3.05) is 20.1 Å². The second kappa shape index (κ2) is 4.85. The molecule has 16 heavy (non-hydrogen) atoms. The normalized spacial score (nSPS) is 16.8. The maximum absolute atomic E-state index is 4.51. The van der Waals surface area contributed by atoms with Gasteiger partial charge in [0.15, 0.2) is 0 Å². The van der Waals surface area contributed by atoms with Crippen LogP contribution in [0.3, 0.4) is 0 Å². The van der Waals surface area contributed by atoms with Crippen molar-refractivity contribution in [3.05, 3.63) is 15.9 Å². The Morgan fingerprint density at radius 3 is 2.75 bits per heavy atom. The Labute approximate surface area is 105 Å². The highest BCUT2D eigenvalue weighted by atomic mass is 79.9. The van der Waals surface area contributed by atoms with Crippen LogP contribution in [0.1, 0.15) is 18.3 Å². The molecule has 0 bridgehead atoms. The van der Waals surface area contributed by atoms with Crippen LogP contribution in [0.4, 0.5) is 0 Å². The summed E-state index contributed by atoms with van der Waals surface area (Å²) >= 11 is 3.63. The number of hydrogen-bond donors (Lipinski definition) is 1. The van der Waals surface area contributed by atoms with Gasteiger partial charge >= 0.3 is 0 Å². The molecule has 4 nitrogen and oxygen atoms in total. The van der Waals surface area contributed by atoms with Gasteiger partial charge in [-0.1, -0.05) is 0 Å². The average molecular weight is 287 g/mol. The van der Waals surface area contributed by atoms with Crippen LogP contribution in [0.25, 0.3) is 0 Å². The van der Waals surface area contributed by atoms with Crippen LogP contribution in [-0.2, 0) is 13.1 Å². The number of aromatic nitrogens is 2. The van der Waals surface area contributed by atoms with Crippen LogP contribution in [0.2, 0.25) is 0 Å². The van der Waals surface area contributed by atoms with E-state index < -0.39 is 0 Å². The van der Waals surface area contributed by atoms with Crippen LogP contribution < -0.4 is 5.32 Å². The Kier molecular flexibility index (Phi) is 3.66. The van der Waals surface area contributed by atoms with E-state index in [4.69, 9.17) is 0 Å². The van der Waals surface area contributed by atoms with Gasteiger partial charge in [0.05, 0.1) is 15.9 Å². The fraction of sp³-hybridized carbons (Fsp3) is 0.727. The molecule has 0 aromatic carbocycles. The lowest BCUT2D eigenvalue weighted by Gasteiger charge is -2.35. The number of rotatable bonds is 4. The zero-order valence-corrected chi connectivity index (χ0v) is 11.7. The van der Waals surface area contributed by atoms with Crippen LogP contribution in [0.5, 0.6) is 0 Å². The molecule has 2 rings (SSSR count). The predicted molar refractivity (Wildman–Crippen MR) is 68.5 cm³/mol. The molecule has 1 aliphatic rings. The third kappa shape index (κ3) is 2.17. The molecule has 1 aromatic heterocycles. The second-order valence-electron chi connectivity index (χ2n) is 4.39. The Bertz CT molecular complexity index is 370. The van der Waals surface area contributed by atoms with Gasteiger partial charge in [0, 0.05) is 32.2 Å². The molecule has 2 heterocycles. The highest BCUT2D eigenvalue weighted by Gasteiger charge is 2.23. The molecule has 1 N–H and O–H groups in total. The third-order valence-corrected chi connectivity index (χ3v) is 4.27. The van der Waals surface area contributed by atoms with Crippen molar-refractivity contribution in [1.82, 2.24) is 20.0 Å². The van der Waals surface area contributed by atoms with Gasteiger partial charge in [0.25, 0.3) is 0 Å². The van der Waals surface area contributed by atoms with Crippen LogP contribution in [0, 0.1) is 6.92 Å². The summed E-state index contributed by atoms with van der Waals surface area (Å²) in [6, 6.07) is 0.674. The Balaban J connectivity index is 2.12. The van der Waals surface area contributed by atoms with E-state index in [0.717, 1.165) is 36.3 Å². The predicted octanol–water partition coefficient (Wildman–Crippen LogP) is 1.38. The molecule has 0 spiro atoms. The quantitative estimate of drug-likeness (QED) is 0.908. The van der Waals surface area contributed by atoms with E-state index in [2.05, 4.69) is 49.9 Å². The first-order valence-corrected chi connectivity index (χ1v) is 6.55. The van der Waals surface area contributed by atoms with Gasteiger partial charge in [-0.2, -0.15) is 5.10 Å². The lowest BCUT2D eigenvalue weighted by atomic mass is 10.1. The van der Waals surface area contributed by atoms with Crippen LogP contribution in [0.15, 0.2) is 4.47 Å². The Morgan fingerprint density at radius 1 is 1.56 bits per heavy atom. The second-order valence-corrected chi connectivity index (χ2v) is 5.18. The summed E-state index contributed by atoms with van der Waals surface area (Å²) in [7, 11) is 2.18. The summed E-state index contributed by atoms with van der Waals surface area (Å²) in [4.78, 5) is 2.39. The summed E-state index contributed by atoms with van der Waals surface area (Å²) < 4.78 is 3.25. The molecule has 90 valence electrons. The summed E-state index contributed by atoms with van der Waals surface area (Å²) in [5.74, 6) is 0. The summed E-state index contributed by atoms with van der Waals surface area (Å²) in [5, 5.41) is 7.81. The molecule has 0 aliphatic carbocycles. The number of hydrogen-bond acceptors (Lipinski definition) is 3. The molecular formula is C11H19BrN4. The molecule has 1 saturated heterocycles. The van der Waals surface area contributed by atoms with E-state index >= 15 is 0 Å². The first-order valence-electron chi connectivity index (χ1n) is 5.76. The number of aryl methyl sites for hydroxylation is 2. The zero-order chi connectivity index (χ0) is 11.7. The van der Waals surface area contributed by atoms with E-state index in [1.807, 2.05) is 6.92 Å². The van der Waals surface area contributed by atoms with E-state index in [-0.39, 0.29) is 0 Å². The average Bonchev–Trinajstić information content (AvgIpc) is 2.43. The molecule has 0 saturated carbocycles. The molecular weight excluding hydrogens is 268 g/mol. The third-order valence-electron chi connectivity index (χ3n) is 3.24. The largest absolute Gasteiger partial charge is 0.314 e. The van der Waals surface area contributed by atoms with Crippen molar-refractivity contribution >= 4 is 15.9 Å². The van der Waals surface area contributed by atoms with Crippen molar-refractivity contribution in [3.8, 4) is 0 Å². The molecule has 1 fully saturated rings. The van der Waals surface area contributed by atoms with Gasteiger partial charge in [-0.25, -0.2) is 0 Å². The minimum atomic E-state index is 0.674. The fourth-order valence-corrected chi connectivity index (χ4v) is 2.38. The van der Waals surface area contributed by atoms with Gasteiger partial charge < -0.3 is 5.32 Å². The SMILES string of the molecule is CCn1nc(C)c(Br)c1CN(C)C1CNC1. The molecule has 1 aromatic rings. The fourth-order valence-electron chi connectivity index (χ4n) is 1.97. The Morgan fingerprint density at radius 2 is 2.25 bits per heavy atom. The first-order chi connectivity index (χ1) is 7.63. The van der Waals surface area contributed by atoms with E-state index in [1.54, 1.807) is 0 Å². The smallest absolute Gasteiger partial charge is 0.0739 e. The summed E-state index contributed by atoms with van der Waals surface area (Å²) in [6.45, 7) is 8.28. The number of nitrogens with one attached hydrogen (secondary N) is 1. The van der Waals surface area contributed by atoms with Gasteiger partial charge in [-0.15, -0.1) is 0 Å². The molecule has 0 atom stereocenters. The first kappa shape index (κ1) is 12.1. The highest BCUT2D eigenvalue weighted by molar-refractivity contribution is 9.10. The van der Waals surface area contributed by atoms with Gasteiger partial charge in [-0.05, 0) is 36.8 Å². The van der Waals surface area contributed by atoms with Gasteiger partial charge in [0.2, 0.25) is 0 Å². The summed E-state index contributed by atoms with van der Waals surface area (Å²) in [5.41, 5.74) is 2.37. The standard InChI is InChI=1S/C11H19BrN4/c1-4-16-10(11(12)8(2)14-16)7-15(3)9-5-13-6-9/h9,13H,4-7H2,1-3H3. The topological polar surface area (TPSA) is 33.1 Å². The van der Waals surface area contributed by atoms with Crippen molar-refractivity contribution < 1.29 is 0 Å². The molecule has 1 aliphatic heterocycles. The highest BCUT2D eigenvalue weighted by Crippen LogP contribution is 2.23. The van der Waals surface area contributed by atoms with E-state index in [0.29, 0.717) is 6.04 Å². The van der Waals surface area contributed by atoms with Crippen molar-refractivity contribution in [2.45, 2.75) is 33.0 Å². The minimum Gasteiger partial charge on any atom is -0.314 e. The Hall–Kier alpha value is -0.390.